The molecule has 0 spiro atoms. The molecule has 0 aliphatic carbocycles. The summed E-state index contributed by atoms with van der Waals surface area (Å²) in [7, 11) is 0. The van der Waals surface area contributed by atoms with E-state index in [-0.39, 0.29) is 6.04 Å². The molecule has 2 rings (SSSR count). The molecule has 1 aromatic carbocycles. The number of benzene rings is 1. The fraction of sp³-hybridized carbons (Fsp3) is 0.375. The van der Waals surface area contributed by atoms with E-state index in [1.807, 2.05) is 31.3 Å². The van der Waals surface area contributed by atoms with Crippen LogP contribution in [-0.2, 0) is 6.42 Å². The van der Waals surface area contributed by atoms with Crippen LogP contribution in [0.15, 0.2) is 30.6 Å². The predicted molar refractivity (Wildman–Crippen MR) is 88.0 cm³/mol. The largest absolute Gasteiger partial charge is 0.308 e. The molecule has 112 valence electrons. The van der Waals surface area contributed by atoms with Crippen molar-refractivity contribution in [2.75, 3.05) is 6.54 Å². The second-order valence-electron chi connectivity index (χ2n) is 5.04. The molecule has 3 nitrogen and oxygen atoms in total. The van der Waals surface area contributed by atoms with E-state index in [1.54, 1.807) is 6.20 Å². The van der Waals surface area contributed by atoms with Gasteiger partial charge in [0.2, 0.25) is 0 Å². The van der Waals surface area contributed by atoms with E-state index in [9.17, 15) is 0 Å². The topological polar surface area (TPSA) is 37.8 Å². The van der Waals surface area contributed by atoms with E-state index in [1.165, 1.54) is 0 Å². The summed E-state index contributed by atoms with van der Waals surface area (Å²) in [5.41, 5.74) is 2.99. The Balaban J connectivity index is 2.19. The van der Waals surface area contributed by atoms with Crippen LogP contribution in [0, 0.1) is 6.92 Å². The third-order valence-corrected chi connectivity index (χ3v) is 3.96. The second-order valence-corrected chi connectivity index (χ2v) is 5.86. The maximum atomic E-state index is 6.09. The Bertz CT molecular complexity index is 585. The van der Waals surface area contributed by atoms with E-state index in [0.29, 0.717) is 10.0 Å². The Morgan fingerprint density at radius 3 is 2.57 bits per heavy atom. The summed E-state index contributed by atoms with van der Waals surface area (Å²) in [6, 6.07) is 5.86. The Kier molecular flexibility index (Phi) is 5.97. The molecular weight excluding hydrogens is 305 g/mol. The van der Waals surface area contributed by atoms with Gasteiger partial charge in [-0.3, -0.25) is 9.97 Å². The highest BCUT2D eigenvalue weighted by Gasteiger charge is 2.14. The summed E-state index contributed by atoms with van der Waals surface area (Å²) < 4.78 is 0. The fourth-order valence-corrected chi connectivity index (χ4v) is 2.41. The highest BCUT2D eigenvalue weighted by molar-refractivity contribution is 6.42. The van der Waals surface area contributed by atoms with Crippen LogP contribution in [0.2, 0.25) is 10.0 Å². The zero-order chi connectivity index (χ0) is 15.2. The van der Waals surface area contributed by atoms with E-state index < -0.39 is 0 Å². The molecule has 1 heterocycles. The van der Waals surface area contributed by atoms with Crippen LogP contribution in [0.25, 0.3) is 0 Å². The Morgan fingerprint density at radius 2 is 1.95 bits per heavy atom. The van der Waals surface area contributed by atoms with Crippen molar-refractivity contribution in [1.82, 2.24) is 15.3 Å². The number of hydrogen-bond donors (Lipinski definition) is 1. The Morgan fingerprint density at radius 1 is 1.14 bits per heavy atom. The van der Waals surface area contributed by atoms with Gasteiger partial charge in [0.05, 0.1) is 33.7 Å². The molecule has 5 heteroatoms. The van der Waals surface area contributed by atoms with Crippen molar-refractivity contribution in [1.29, 1.82) is 0 Å². The molecule has 0 amide bonds. The summed E-state index contributed by atoms with van der Waals surface area (Å²) in [6.07, 6.45) is 5.50. The standard InChI is InChI=1S/C16H19Cl2N3/c1-3-6-19-15(16-10-20-11(2)9-21-16)8-12-4-5-13(17)14(18)7-12/h4-5,7,9-10,15,19H,3,6,8H2,1-2H3. The lowest BCUT2D eigenvalue weighted by Gasteiger charge is -2.18. The molecule has 0 aliphatic heterocycles. The van der Waals surface area contributed by atoms with Gasteiger partial charge in [0, 0.05) is 6.20 Å². The predicted octanol–water partition coefficient (Wildman–Crippen LogP) is 4.38. The molecule has 0 fully saturated rings. The summed E-state index contributed by atoms with van der Waals surface area (Å²) >= 11 is 12.1. The zero-order valence-corrected chi connectivity index (χ0v) is 13.7. The van der Waals surface area contributed by atoms with Gasteiger partial charge in [-0.2, -0.15) is 0 Å². The SMILES string of the molecule is CCCNC(Cc1ccc(Cl)c(Cl)c1)c1cnc(C)cn1. The Hall–Kier alpha value is -1.16. The monoisotopic (exact) mass is 323 g/mol. The van der Waals surface area contributed by atoms with Crippen molar-refractivity contribution in [3.63, 3.8) is 0 Å². The van der Waals surface area contributed by atoms with E-state index in [0.717, 1.165) is 36.3 Å². The molecule has 1 atom stereocenters. The highest BCUT2D eigenvalue weighted by Crippen LogP contribution is 2.25. The van der Waals surface area contributed by atoms with E-state index in [2.05, 4.69) is 22.2 Å². The first-order valence-corrected chi connectivity index (χ1v) is 7.81. The van der Waals surface area contributed by atoms with Gasteiger partial charge in [-0.05, 0) is 44.0 Å². The van der Waals surface area contributed by atoms with Gasteiger partial charge in [0.15, 0.2) is 0 Å². The van der Waals surface area contributed by atoms with Gasteiger partial charge in [-0.15, -0.1) is 0 Å². The lowest BCUT2D eigenvalue weighted by atomic mass is 10.0. The molecule has 0 saturated heterocycles. The molecule has 21 heavy (non-hydrogen) atoms. The summed E-state index contributed by atoms with van der Waals surface area (Å²) in [5.74, 6) is 0. The molecule has 1 unspecified atom stereocenters. The summed E-state index contributed by atoms with van der Waals surface area (Å²) in [6.45, 7) is 5.01. The zero-order valence-electron chi connectivity index (χ0n) is 12.2. The van der Waals surface area contributed by atoms with Crippen molar-refractivity contribution >= 4 is 23.2 Å². The van der Waals surface area contributed by atoms with Crippen LogP contribution < -0.4 is 5.32 Å². The number of halogens is 2. The van der Waals surface area contributed by atoms with Crippen molar-refractivity contribution in [2.45, 2.75) is 32.7 Å². The highest BCUT2D eigenvalue weighted by atomic mass is 35.5. The smallest absolute Gasteiger partial charge is 0.0759 e. The molecule has 1 aromatic heterocycles. The minimum absolute atomic E-state index is 0.121. The van der Waals surface area contributed by atoms with Gasteiger partial charge in [0.1, 0.15) is 0 Å². The normalized spacial score (nSPS) is 12.4. The minimum atomic E-state index is 0.121. The number of hydrogen-bond acceptors (Lipinski definition) is 3. The molecule has 1 N–H and O–H groups in total. The van der Waals surface area contributed by atoms with Crippen molar-refractivity contribution in [3.8, 4) is 0 Å². The molecule has 2 aromatic rings. The van der Waals surface area contributed by atoms with Gasteiger partial charge >= 0.3 is 0 Å². The fourth-order valence-electron chi connectivity index (χ4n) is 2.08. The first kappa shape index (κ1) is 16.2. The number of nitrogens with zero attached hydrogens (tertiary/aromatic N) is 2. The van der Waals surface area contributed by atoms with E-state index >= 15 is 0 Å². The molecule has 0 radical (unpaired) electrons. The van der Waals surface area contributed by atoms with Gasteiger partial charge < -0.3 is 5.32 Å². The van der Waals surface area contributed by atoms with Crippen LogP contribution in [0.1, 0.15) is 36.3 Å². The van der Waals surface area contributed by atoms with Crippen molar-refractivity contribution < 1.29 is 0 Å². The number of aromatic nitrogens is 2. The molecule has 0 bridgehead atoms. The second kappa shape index (κ2) is 7.74. The van der Waals surface area contributed by atoms with Crippen molar-refractivity contribution in [3.05, 3.63) is 57.6 Å². The van der Waals surface area contributed by atoms with Crippen LogP contribution >= 0.6 is 23.2 Å². The minimum Gasteiger partial charge on any atom is -0.308 e. The average molecular weight is 324 g/mol. The van der Waals surface area contributed by atoms with Crippen LogP contribution in [0.5, 0.6) is 0 Å². The summed E-state index contributed by atoms with van der Waals surface area (Å²) in [5, 5.41) is 4.67. The third-order valence-electron chi connectivity index (χ3n) is 3.22. The molecule has 0 aliphatic rings. The number of rotatable bonds is 6. The van der Waals surface area contributed by atoms with E-state index in [4.69, 9.17) is 23.2 Å². The van der Waals surface area contributed by atoms with Crippen LogP contribution in [-0.4, -0.2) is 16.5 Å². The molecule has 0 saturated carbocycles. The first-order chi connectivity index (χ1) is 10.1. The average Bonchev–Trinajstić information content (AvgIpc) is 2.48. The third kappa shape index (κ3) is 4.67. The van der Waals surface area contributed by atoms with Gasteiger partial charge in [-0.1, -0.05) is 36.2 Å². The van der Waals surface area contributed by atoms with Crippen molar-refractivity contribution in [2.24, 2.45) is 0 Å². The number of nitrogens with one attached hydrogen (secondary N) is 1. The molecular formula is C16H19Cl2N3. The maximum absolute atomic E-state index is 6.09. The first-order valence-electron chi connectivity index (χ1n) is 7.06. The summed E-state index contributed by atoms with van der Waals surface area (Å²) in [4.78, 5) is 8.82. The van der Waals surface area contributed by atoms with Crippen LogP contribution in [0.4, 0.5) is 0 Å². The maximum Gasteiger partial charge on any atom is 0.0759 e. The van der Waals surface area contributed by atoms with Gasteiger partial charge in [0.25, 0.3) is 0 Å². The lowest BCUT2D eigenvalue weighted by Crippen LogP contribution is -2.25. The Labute approximate surface area is 135 Å². The van der Waals surface area contributed by atoms with Gasteiger partial charge in [-0.25, -0.2) is 0 Å². The van der Waals surface area contributed by atoms with Crippen LogP contribution in [0.3, 0.4) is 0 Å². The quantitative estimate of drug-likeness (QED) is 0.857. The lowest BCUT2D eigenvalue weighted by molar-refractivity contribution is 0.515. The number of aryl methyl sites for hydroxylation is 1.